The molecule has 24 heavy (non-hydrogen) atoms. The molecule has 1 aliphatic heterocycles. The molecule has 3 fully saturated rings. The van der Waals surface area contributed by atoms with Gasteiger partial charge in [-0.25, -0.2) is 0 Å². The second kappa shape index (κ2) is 4.76. The largest absolute Gasteiger partial charge is 0.508 e. The first-order valence-corrected chi connectivity index (χ1v) is 9.86. The highest BCUT2D eigenvalue weighted by Crippen LogP contribution is 2.60. The van der Waals surface area contributed by atoms with Gasteiger partial charge in [0.15, 0.2) is 0 Å². The molecule has 1 aromatic rings. The number of hydrogen-bond acceptors (Lipinski definition) is 2. The Hall–Kier alpha value is -1.06. The predicted octanol–water partition coefficient (Wildman–Crippen LogP) is 3.12. The lowest BCUT2D eigenvalue weighted by atomic mass is 9.49. The van der Waals surface area contributed by atoms with Crippen molar-refractivity contribution in [3.63, 3.8) is 0 Å². The van der Waals surface area contributed by atoms with Crippen LogP contribution < -0.4 is 0 Å². The van der Waals surface area contributed by atoms with Gasteiger partial charge >= 0.3 is 0 Å². The molecule has 0 aromatic heterocycles. The van der Waals surface area contributed by atoms with E-state index in [0.717, 1.165) is 42.5 Å². The van der Waals surface area contributed by atoms with Gasteiger partial charge in [-0.05, 0) is 48.9 Å². The minimum absolute atomic E-state index is 0.121. The fourth-order valence-electron chi connectivity index (χ4n) is 6.62. The summed E-state index contributed by atoms with van der Waals surface area (Å²) >= 11 is 0. The Labute approximate surface area is 144 Å². The van der Waals surface area contributed by atoms with E-state index >= 15 is 0 Å². The molecule has 0 amide bonds. The maximum Gasteiger partial charge on any atom is 0.126 e. The average Bonchev–Trinajstić information content (AvgIpc) is 3.35. The lowest BCUT2D eigenvalue weighted by Gasteiger charge is -2.65. The number of likely N-dealkylation sites (tertiary alicyclic amines) is 1. The fourth-order valence-corrected chi connectivity index (χ4v) is 6.62. The van der Waals surface area contributed by atoms with Crippen molar-refractivity contribution in [3.8, 4) is 5.75 Å². The van der Waals surface area contributed by atoms with Gasteiger partial charge in [0.05, 0.1) is 20.1 Å². The Morgan fingerprint density at radius 1 is 1.17 bits per heavy atom. The summed E-state index contributed by atoms with van der Waals surface area (Å²) < 4.78 is 1.06. The SMILES string of the molecule is C[N@@+]1(CC2CC2)CC[C@]23CCCC[C@]2(O)[C@H]1Cc1ccc(O)cc13. The van der Waals surface area contributed by atoms with Crippen LogP contribution in [0.2, 0.25) is 0 Å². The van der Waals surface area contributed by atoms with Crippen molar-refractivity contribution < 1.29 is 14.7 Å². The quantitative estimate of drug-likeness (QED) is 0.819. The van der Waals surface area contributed by atoms with Crippen LogP contribution in [0.15, 0.2) is 18.2 Å². The second-order valence-corrected chi connectivity index (χ2v) is 9.35. The van der Waals surface area contributed by atoms with Crippen LogP contribution in [0.1, 0.15) is 56.1 Å². The van der Waals surface area contributed by atoms with Gasteiger partial charge in [0.1, 0.15) is 17.4 Å². The van der Waals surface area contributed by atoms with Gasteiger partial charge in [-0.3, -0.25) is 0 Å². The maximum absolute atomic E-state index is 12.1. The molecular weight excluding hydrogens is 298 g/mol. The van der Waals surface area contributed by atoms with Crippen LogP contribution in [0.4, 0.5) is 0 Å². The third-order valence-electron chi connectivity index (χ3n) is 7.99. The summed E-state index contributed by atoms with van der Waals surface area (Å²) in [5.74, 6) is 1.24. The lowest BCUT2D eigenvalue weighted by Crippen LogP contribution is -2.77. The molecule has 3 aliphatic carbocycles. The van der Waals surface area contributed by atoms with Gasteiger partial charge in [0.2, 0.25) is 0 Å². The van der Waals surface area contributed by atoms with Crippen molar-refractivity contribution in [1.82, 2.24) is 0 Å². The smallest absolute Gasteiger partial charge is 0.126 e. The van der Waals surface area contributed by atoms with E-state index in [0.29, 0.717) is 11.8 Å². The third kappa shape index (κ3) is 1.86. The molecule has 5 rings (SSSR count). The standard InChI is InChI=1S/C21H29NO2/c1-22(14-15-4-5-15)11-10-20-8-2-3-9-21(20,24)19(22)12-16-6-7-17(23)13-18(16)20/h6-7,13,15,19,24H,2-5,8-12,14H2,1H3/p+1/t19-,20+,21+,22+/m1/s1. The highest BCUT2D eigenvalue weighted by molar-refractivity contribution is 5.47. The van der Waals surface area contributed by atoms with E-state index in [1.165, 1.54) is 43.5 Å². The molecule has 1 saturated heterocycles. The number of rotatable bonds is 2. The number of quaternary nitrogens is 1. The number of phenols is 1. The third-order valence-corrected chi connectivity index (χ3v) is 7.99. The van der Waals surface area contributed by atoms with Crippen molar-refractivity contribution in [2.75, 3.05) is 20.1 Å². The van der Waals surface area contributed by atoms with Gasteiger partial charge in [-0.1, -0.05) is 18.9 Å². The average molecular weight is 328 g/mol. The molecule has 0 spiro atoms. The molecule has 1 heterocycles. The van der Waals surface area contributed by atoms with Crippen LogP contribution in [0.5, 0.6) is 5.75 Å². The number of fused-ring (bicyclic) bond motifs is 1. The number of aromatic hydroxyl groups is 1. The Morgan fingerprint density at radius 3 is 2.75 bits per heavy atom. The molecule has 2 saturated carbocycles. The highest BCUT2D eigenvalue weighted by Gasteiger charge is 2.68. The van der Waals surface area contributed by atoms with Crippen LogP contribution in [0.3, 0.4) is 0 Å². The maximum atomic E-state index is 12.1. The van der Waals surface area contributed by atoms with Gasteiger partial charge in [-0.2, -0.15) is 0 Å². The molecule has 1 aromatic carbocycles. The lowest BCUT2D eigenvalue weighted by molar-refractivity contribution is -0.950. The molecule has 3 nitrogen and oxygen atoms in total. The Morgan fingerprint density at radius 2 is 1.96 bits per heavy atom. The monoisotopic (exact) mass is 328 g/mol. The molecule has 0 radical (unpaired) electrons. The molecule has 0 unspecified atom stereocenters. The van der Waals surface area contributed by atoms with Crippen molar-refractivity contribution >= 4 is 0 Å². The minimum Gasteiger partial charge on any atom is -0.508 e. The number of piperidine rings is 1. The number of nitrogens with zero attached hydrogens (tertiary/aromatic N) is 1. The summed E-state index contributed by atoms with van der Waals surface area (Å²) in [6.45, 7) is 2.43. The first kappa shape index (κ1) is 15.2. The predicted molar refractivity (Wildman–Crippen MR) is 94.0 cm³/mol. The zero-order valence-corrected chi connectivity index (χ0v) is 14.8. The summed E-state index contributed by atoms with van der Waals surface area (Å²) in [6.07, 6.45) is 9.17. The van der Waals surface area contributed by atoms with E-state index in [1.807, 2.05) is 12.1 Å². The molecule has 4 atom stereocenters. The fraction of sp³-hybridized carbons (Fsp3) is 0.714. The van der Waals surface area contributed by atoms with Crippen LogP contribution in [-0.4, -0.2) is 46.5 Å². The summed E-state index contributed by atoms with van der Waals surface area (Å²) in [5, 5.41) is 22.2. The summed E-state index contributed by atoms with van der Waals surface area (Å²) in [4.78, 5) is 0. The van der Waals surface area contributed by atoms with Crippen molar-refractivity contribution in [2.45, 2.75) is 68.4 Å². The first-order valence-electron chi connectivity index (χ1n) is 9.86. The molecule has 3 heteroatoms. The van der Waals surface area contributed by atoms with Crippen molar-refractivity contribution in [1.29, 1.82) is 0 Å². The molecule has 130 valence electrons. The number of benzene rings is 1. The van der Waals surface area contributed by atoms with Crippen LogP contribution >= 0.6 is 0 Å². The molecule has 4 aliphatic rings. The van der Waals surface area contributed by atoms with Gasteiger partial charge in [0, 0.05) is 24.2 Å². The minimum atomic E-state index is -0.589. The summed E-state index contributed by atoms with van der Waals surface area (Å²) in [5.41, 5.74) is 1.93. The normalized spacial score (nSPS) is 43.8. The second-order valence-electron chi connectivity index (χ2n) is 9.35. The number of likely N-dealkylation sites (N-methyl/N-ethyl adjacent to an activating group) is 1. The summed E-state index contributed by atoms with van der Waals surface area (Å²) in [7, 11) is 2.41. The number of phenolic OH excluding ortho intramolecular Hbond substituents is 1. The van der Waals surface area contributed by atoms with E-state index in [4.69, 9.17) is 0 Å². The summed E-state index contributed by atoms with van der Waals surface area (Å²) in [6, 6.07) is 6.26. The number of aliphatic hydroxyl groups is 1. The Bertz CT molecular complexity index is 684. The van der Waals surface area contributed by atoms with Crippen molar-refractivity contribution in [2.24, 2.45) is 5.92 Å². The van der Waals surface area contributed by atoms with E-state index in [9.17, 15) is 10.2 Å². The Kier molecular flexibility index (Phi) is 3.02. The molecule has 2 N–H and O–H groups in total. The van der Waals surface area contributed by atoms with E-state index in [1.54, 1.807) is 0 Å². The zero-order valence-electron chi connectivity index (χ0n) is 14.8. The highest BCUT2D eigenvalue weighted by atomic mass is 16.3. The van der Waals surface area contributed by atoms with Crippen LogP contribution in [-0.2, 0) is 11.8 Å². The van der Waals surface area contributed by atoms with Crippen LogP contribution in [0.25, 0.3) is 0 Å². The van der Waals surface area contributed by atoms with E-state index < -0.39 is 5.60 Å². The zero-order chi connectivity index (χ0) is 16.6. The van der Waals surface area contributed by atoms with Crippen LogP contribution in [0, 0.1) is 5.92 Å². The molecular formula is C21H30NO2+. The Balaban J connectivity index is 1.67. The first-order chi connectivity index (χ1) is 11.5. The topological polar surface area (TPSA) is 40.5 Å². The van der Waals surface area contributed by atoms with Gasteiger partial charge < -0.3 is 14.7 Å². The van der Waals surface area contributed by atoms with Gasteiger partial charge in [-0.15, -0.1) is 0 Å². The number of hydrogen-bond donors (Lipinski definition) is 2. The van der Waals surface area contributed by atoms with Crippen molar-refractivity contribution in [3.05, 3.63) is 29.3 Å². The van der Waals surface area contributed by atoms with Gasteiger partial charge in [0.25, 0.3) is 0 Å². The molecule has 2 bridgehead atoms. The van der Waals surface area contributed by atoms with E-state index in [2.05, 4.69) is 13.1 Å². The van der Waals surface area contributed by atoms with E-state index in [-0.39, 0.29) is 5.41 Å².